The van der Waals surface area contributed by atoms with E-state index in [1.54, 1.807) is 11.3 Å². The standard InChI is InChI=1S/C15H14N2O3S/c18-14(8-12-2-1-7-21-12)17-11-5-3-10(4-6-11)13-9-16-15(19)20-13/h1-7,13H,8-9H2,(H,16,19)(H,17,18). The highest BCUT2D eigenvalue weighted by molar-refractivity contribution is 7.10. The molecular formula is C15H14N2O3S. The van der Waals surface area contributed by atoms with Gasteiger partial charge < -0.3 is 15.4 Å². The molecule has 3 rings (SSSR count). The Balaban J connectivity index is 1.59. The quantitative estimate of drug-likeness (QED) is 0.912. The average Bonchev–Trinajstić information content (AvgIpc) is 3.11. The lowest BCUT2D eigenvalue weighted by molar-refractivity contribution is -0.115. The molecule has 5 nitrogen and oxygen atoms in total. The van der Waals surface area contributed by atoms with Gasteiger partial charge in [0.2, 0.25) is 5.91 Å². The summed E-state index contributed by atoms with van der Waals surface area (Å²) in [5, 5.41) is 7.41. The number of amides is 2. The topological polar surface area (TPSA) is 67.4 Å². The predicted octanol–water partition coefficient (Wildman–Crippen LogP) is 2.71. The molecule has 2 aromatic rings. The first kappa shape index (κ1) is 13.6. The number of hydrogen-bond acceptors (Lipinski definition) is 4. The molecule has 0 spiro atoms. The number of cyclic esters (lactones) is 1. The molecule has 2 amide bonds. The highest BCUT2D eigenvalue weighted by atomic mass is 32.1. The molecule has 1 saturated heterocycles. The smallest absolute Gasteiger partial charge is 0.407 e. The monoisotopic (exact) mass is 302 g/mol. The molecule has 1 atom stereocenters. The number of thiophene rings is 1. The second kappa shape index (κ2) is 5.97. The number of carbonyl (C=O) groups is 2. The van der Waals surface area contributed by atoms with E-state index in [9.17, 15) is 9.59 Å². The molecule has 108 valence electrons. The second-order valence-electron chi connectivity index (χ2n) is 4.70. The SMILES string of the molecule is O=C(Cc1cccs1)Nc1ccc(C2CNC(=O)O2)cc1. The van der Waals surface area contributed by atoms with Crippen molar-refractivity contribution in [3.8, 4) is 0 Å². The van der Waals surface area contributed by atoms with E-state index >= 15 is 0 Å². The van der Waals surface area contributed by atoms with E-state index in [0.717, 1.165) is 16.1 Å². The van der Waals surface area contributed by atoms with Gasteiger partial charge in [-0.05, 0) is 29.1 Å². The maximum absolute atomic E-state index is 11.9. The Morgan fingerprint density at radius 3 is 2.76 bits per heavy atom. The molecule has 1 aliphatic heterocycles. The maximum Gasteiger partial charge on any atom is 0.407 e. The van der Waals surface area contributed by atoms with Crippen LogP contribution < -0.4 is 10.6 Å². The van der Waals surface area contributed by atoms with E-state index < -0.39 is 6.09 Å². The third kappa shape index (κ3) is 3.41. The van der Waals surface area contributed by atoms with Gasteiger partial charge in [0.25, 0.3) is 0 Å². The van der Waals surface area contributed by atoms with Crippen molar-refractivity contribution in [3.05, 3.63) is 52.2 Å². The minimum Gasteiger partial charge on any atom is -0.439 e. The number of rotatable bonds is 4. The van der Waals surface area contributed by atoms with Crippen LogP contribution in [0.2, 0.25) is 0 Å². The van der Waals surface area contributed by atoms with Crippen LogP contribution in [0.4, 0.5) is 10.5 Å². The maximum atomic E-state index is 11.9. The molecule has 1 aliphatic rings. The molecule has 1 aromatic heterocycles. The zero-order valence-electron chi connectivity index (χ0n) is 11.2. The van der Waals surface area contributed by atoms with Crippen LogP contribution >= 0.6 is 11.3 Å². The summed E-state index contributed by atoms with van der Waals surface area (Å²) in [7, 11) is 0. The average molecular weight is 302 g/mol. The van der Waals surface area contributed by atoms with E-state index in [1.165, 1.54) is 0 Å². The minimum absolute atomic E-state index is 0.0424. The fraction of sp³-hybridized carbons (Fsp3) is 0.200. The Morgan fingerprint density at radius 1 is 1.33 bits per heavy atom. The van der Waals surface area contributed by atoms with Crippen LogP contribution in [0.15, 0.2) is 41.8 Å². The normalized spacial score (nSPS) is 17.1. The van der Waals surface area contributed by atoms with E-state index in [0.29, 0.717) is 13.0 Å². The lowest BCUT2D eigenvalue weighted by atomic mass is 10.1. The van der Waals surface area contributed by atoms with Crippen molar-refractivity contribution >= 4 is 29.0 Å². The Kier molecular flexibility index (Phi) is 3.87. The highest BCUT2D eigenvalue weighted by Crippen LogP contribution is 2.22. The van der Waals surface area contributed by atoms with Gasteiger partial charge >= 0.3 is 6.09 Å². The Morgan fingerprint density at radius 2 is 2.14 bits per heavy atom. The summed E-state index contributed by atoms with van der Waals surface area (Å²) in [5.74, 6) is -0.0424. The van der Waals surface area contributed by atoms with Gasteiger partial charge in [-0.2, -0.15) is 0 Å². The highest BCUT2D eigenvalue weighted by Gasteiger charge is 2.23. The van der Waals surface area contributed by atoms with Crippen molar-refractivity contribution in [1.29, 1.82) is 0 Å². The van der Waals surface area contributed by atoms with E-state index in [4.69, 9.17) is 4.74 Å². The molecule has 2 heterocycles. The largest absolute Gasteiger partial charge is 0.439 e. The number of nitrogens with one attached hydrogen (secondary N) is 2. The number of carbonyl (C=O) groups excluding carboxylic acids is 2. The zero-order chi connectivity index (χ0) is 14.7. The van der Waals surface area contributed by atoms with Crippen LogP contribution in [-0.4, -0.2) is 18.5 Å². The van der Waals surface area contributed by atoms with Crippen LogP contribution in [-0.2, 0) is 16.0 Å². The summed E-state index contributed by atoms with van der Waals surface area (Å²) in [4.78, 5) is 23.9. The molecule has 6 heteroatoms. The van der Waals surface area contributed by atoms with Crippen LogP contribution in [0.5, 0.6) is 0 Å². The summed E-state index contributed by atoms with van der Waals surface area (Å²) in [6, 6.07) is 11.2. The minimum atomic E-state index is -0.395. The van der Waals surface area contributed by atoms with Crippen LogP contribution in [0, 0.1) is 0 Å². The van der Waals surface area contributed by atoms with Gasteiger partial charge in [0.05, 0.1) is 13.0 Å². The van der Waals surface area contributed by atoms with Crippen molar-refractivity contribution in [2.24, 2.45) is 0 Å². The van der Waals surface area contributed by atoms with Crippen molar-refractivity contribution in [2.45, 2.75) is 12.5 Å². The van der Waals surface area contributed by atoms with Crippen molar-refractivity contribution in [2.75, 3.05) is 11.9 Å². The number of anilines is 1. The Bertz CT molecular complexity index is 637. The van der Waals surface area contributed by atoms with Gasteiger partial charge in [0.1, 0.15) is 6.10 Å². The second-order valence-corrected chi connectivity index (χ2v) is 5.73. The number of benzene rings is 1. The fourth-order valence-electron chi connectivity index (χ4n) is 2.13. The third-order valence-electron chi connectivity index (χ3n) is 3.16. The van der Waals surface area contributed by atoms with Crippen molar-refractivity contribution in [1.82, 2.24) is 5.32 Å². The summed E-state index contributed by atoms with van der Waals surface area (Å²) in [6.07, 6.45) is -0.273. The van der Waals surface area contributed by atoms with Gasteiger partial charge in [-0.3, -0.25) is 4.79 Å². The fourth-order valence-corrected chi connectivity index (χ4v) is 2.84. The lowest BCUT2D eigenvalue weighted by Gasteiger charge is -2.09. The molecule has 2 N–H and O–H groups in total. The first-order valence-electron chi connectivity index (χ1n) is 6.57. The van der Waals surface area contributed by atoms with Crippen LogP contribution in [0.1, 0.15) is 16.5 Å². The van der Waals surface area contributed by atoms with Gasteiger partial charge in [-0.15, -0.1) is 11.3 Å². The molecule has 1 fully saturated rings. The van der Waals surface area contributed by atoms with Gasteiger partial charge in [0, 0.05) is 10.6 Å². The van der Waals surface area contributed by atoms with Crippen LogP contribution in [0.25, 0.3) is 0 Å². The Labute approximate surface area is 125 Å². The van der Waals surface area contributed by atoms with Crippen molar-refractivity contribution < 1.29 is 14.3 Å². The molecular weight excluding hydrogens is 288 g/mol. The van der Waals surface area contributed by atoms with Gasteiger partial charge in [-0.1, -0.05) is 18.2 Å². The van der Waals surface area contributed by atoms with E-state index in [-0.39, 0.29) is 12.0 Å². The molecule has 0 aliphatic carbocycles. The zero-order valence-corrected chi connectivity index (χ0v) is 12.0. The number of ether oxygens (including phenoxy) is 1. The molecule has 21 heavy (non-hydrogen) atoms. The van der Waals surface area contributed by atoms with Crippen molar-refractivity contribution in [3.63, 3.8) is 0 Å². The lowest BCUT2D eigenvalue weighted by Crippen LogP contribution is -2.14. The third-order valence-corrected chi connectivity index (χ3v) is 4.04. The van der Waals surface area contributed by atoms with Crippen LogP contribution in [0.3, 0.4) is 0 Å². The summed E-state index contributed by atoms with van der Waals surface area (Å²) in [5.41, 5.74) is 1.64. The number of hydrogen-bond donors (Lipinski definition) is 2. The Hall–Kier alpha value is -2.34. The van der Waals surface area contributed by atoms with Gasteiger partial charge in [-0.25, -0.2) is 4.79 Å². The molecule has 0 bridgehead atoms. The number of alkyl carbamates (subject to hydrolysis) is 1. The molecule has 1 aromatic carbocycles. The molecule has 1 unspecified atom stereocenters. The molecule has 0 saturated carbocycles. The van der Waals surface area contributed by atoms with E-state index in [2.05, 4.69) is 10.6 Å². The first-order valence-corrected chi connectivity index (χ1v) is 7.45. The summed E-state index contributed by atoms with van der Waals surface area (Å²) >= 11 is 1.57. The molecule has 0 radical (unpaired) electrons. The summed E-state index contributed by atoms with van der Waals surface area (Å²) in [6.45, 7) is 0.475. The van der Waals surface area contributed by atoms with Gasteiger partial charge in [0.15, 0.2) is 0 Å². The van der Waals surface area contributed by atoms with E-state index in [1.807, 2.05) is 41.8 Å². The first-order chi connectivity index (χ1) is 10.2. The predicted molar refractivity (Wildman–Crippen MR) is 80.3 cm³/mol. The summed E-state index contributed by atoms with van der Waals surface area (Å²) < 4.78 is 5.10.